The molecule has 1 aliphatic heterocycles. The molecule has 0 spiro atoms. The highest BCUT2D eigenvalue weighted by molar-refractivity contribution is 5.67. The Hall–Kier alpha value is -2.83. The maximum atomic E-state index is 5.78. The van der Waals surface area contributed by atoms with Crippen molar-refractivity contribution in [1.82, 2.24) is 9.78 Å². The molecule has 0 saturated carbocycles. The summed E-state index contributed by atoms with van der Waals surface area (Å²) in [6.45, 7) is 4.39. The number of para-hydroxylation sites is 1. The van der Waals surface area contributed by atoms with Crippen LogP contribution in [0.25, 0.3) is 16.9 Å². The number of ether oxygens (including phenoxy) is 2. The van der Waals surface area contributed by atoms with Crippen LogP contribution in [-0.4, -0.2) is 50.2 Å². The van der Waals surface area contributed by atoms with Gasteiger partial charge in [-0.25, -0.2) is 4.68 Å². The lowest BCUT2D eigenvalue weighted by Crippen LogP contribution is -3.06. The summed E-state index contributed by atoms with van der Waals surface area (Å²) in [5.41, 5.74) is 4.35. The van der Waals surface area contributed by atoms with Gasteiger partial charge in [0.2, 0.25) is 0 Å². The molecule has 0 amide bonds. The number of quaternary nitrogens is 2. The van der Waals surface area contributed by atoms with Crippen molar-refractivity contribution in [2.45, 2.75) is 13.0 Å². The summed E-state index contributed by atoms with van der Waals surface area (Å²) >= 11 is 0. The second-order valence-corrected chi connectivity index (χ2v) is 7.73. The van der Waals surface area contributed by atoms with E-state index < -0.39 is 0 Å². The van der Waals surface area contributed by atoms with Gasteiger partial charge in [0.15, 0.2) is 11.5 Å². The van der Waals surface area contributed by atoms with Gasteiger partial charge in [0.1, 0.15) is 25.5 Å². The zero-order chi connectivity index (χ0) is 20.1. The first-order valence-electron chi connectivity index (χ1n) is 10.4. The van der Waals surface area contributed by atoms with Crippen LogP contribution >= 0.6 is 0 Å². The van der Waals surface area contributed by atoms with E-state index in [2.05, 4.69) is 43.8 Å². The number of hydrogen-bond acceptors (Lipinski definition) is 3. The van der Waals surface area contributed by atoms with E-state index in [1.807, 2.05) is 35.0 Å². The van der Waals surface area contributed by atoms with Crippen LogP contribution < -0.4 is 19.7 Å². The molecular formula is C23H30N4O2+2. The number of nitrogens with zero attached hydrogens (tertiary/aromatic N) is 2. The third kappa shape index (κ3) is 4.78. The summed E-state index contributed by atoms with van der Waals surface area (Å²) in [5, 5.41) is 7.29. The van der Waals surface area contributed by atoms with Crippen LogP contribution in [0.3, 0.4) is 0 Å². The average molecular weight is 395 g/mol. The Kier molecular flexibility index (Phi) is 6.12. The van der Waals surface area contributed by atoms with Crippen LogP contribution in [0.1, 0.15) is 12.0 Å². The fourth-order valence-electron chi connectivity index (χ4n) is 3.56. The molecule has 4 rings (SSSR count). The maximum Gasteiger partial charge on any atom is 0.162 e. The molecule has 6 heteroatoms. The Bertz CT molecular complexity index is 937. The average Bonchev–Trinajstić information content (AvgIpc) is 3.18. The van der Waals surface area contributed by atoms with Crippen molar-refractivity contribution >= 4 is 0 Å². The standard InChI is InChI=1S/C23H28N4O2/c1-26(2)12-6-11-24-16-19-17-27(20-7-4-3-5-8-20)25-23(19)18-9-10-21-22(15-18)29-14-13-28-21/h3-5,7-10,15,17,24H,6,11-14,16H2,1-2H3/p+2. The molecule has 2 heterocycles. The lowest BCUT2D eigenvalue weighted by atomic mass is 10.1. The fourth-order valence-corrected chi connectivity index (χ4v) is 3.56. The zero-order valence-electron chi connectivity index (χ0n) is 17.2. The van der Waals surface area contributed by atoms with E-state index in [1.165, 1.54) is 23.4 Å². The summed E-state index contributed by atoms with van der Waals surface area (Å²) in [7, 11) is 4.40. The highest BCUT2D eigenvalue weighted by Gasteiger charge is 2.18. The van der Waals surface area contributed by atoms with Crippen LogP contribution in [-0.2, 0) is 6.54 Å². The summed E-state index contributed by atoms with van der Waals surface area (Å²) in [6.07, 6.45) is 3.35. The number of aromatic nitrogens is 2. The van der Waals surface area contributed by atoms with Crippen molar-refractivity contribution in [3.63, 3.8) is 0 Å². The highest BCUT2D eigenvalue weighted by atomic mass is 16.6. The van der Waals surface area contributed by atoms with Crippen LogP contribution in [0.2, 0.25) is 0 Å². The van der Waals surface area contributed by atoms with Crippen molar-refractivity contribution in [2.24, 2.45) is 0 Å². The molecule has 6 nitrogen and oxygen atoms in total. The second kappa shape index (κ2) is 9.11. The summed E-state index contributed by atoms with van der Waals surface area (Å²) in [6, 6.07) is 16.4. The van der Waals surface area contributed by atoms with Gasteiger partial charge in [-0.1, -0.05) is 18.2 Å². The van der Waals surface area contributed by atoms with Crippen LogP contribution in [0.15, 0.2) is 54.7 Å². The molecule has 1 aromatic heterocycles. The molecule has 0 atom stereocenters. The fraction of sp³-hybridized carbons (Fsp3) is 0.348. The van der Waals surface area contributed by atoms with Gasteiger partial charge < -0.3 is 19.7 Å². The third-order valence-electron chi connectivity index (χ3n) is 5.08. The van der Waals surface area contributed by atoms with E-state index in [1.54, 1.807) is 0 Å². The normalized spacial score (nSPS) is 13.1. The van der Waals surface area contributed by atoms with Crippen LogP contribution in [0.5, 0.6) is 11.5 Å². The third-order valence-corrected chi connectivity index (χ3v) is 5.08. The summed E-state index contributed by atoms with van der Waals surface area (Å²) in [4.78, 5) is 1.49. The van der Waals surface area contributed by atoms with Crippen molar-refractivity contribution in [2.75, 3.05) is 40.4 Å². The molecule has 0 aliphatic carbocycles. The molecular weight excluding hydrogens is 364 g/mol. The number of hydrogen-bond donors (Lipinski definition) is 2. The predicted octanol–water partition coefficient (Wildman–Crippen LogP) is 0.909. The van der Waals surface area contributed by atoms with E-state index >= 15 is 0 Å². The smallest absolute Gasteiger partial charge is 0.162 e. The minimum atomic E-state index is 0.587. The van der Waals surface area contributed by atoms with Crippen molar-refractivity contribution in [3.05, 3.63) is 60.3 Å². The maximum absolute atomic E-state index is 5.78. The monoisotopic (exact) mass is 394 g/mol. The minimum absolute atomic E-state index is 0.587. The zero-order valence-corrected chi connectivity index (χ0v) is 17.2. The van der Waals surface area contributed by atoms with Crippen LogP contribution in [0, 0.1) is 0 Å². The van der Waals surface area contributed by atoms with Crippen LogP contribution in [0.4, 0.5) is 0 Å². The minimum Gasteiger partial charge on any atom is -0.486 e. The molecule has 29 heavy (non-hydrogen) atoms. The van der Waals surface area contributed by atoms with E-state index in [0.717, 1.165) is 41.5 Å². The largest absolute Gasteiger partial charge is 0.486 e. The predicted molar refractivity (Wildman–Crippen MR) is 113 cm³/mol. The quantitative estimate of drug-likeness (QED) is 0.559. The Labute approximate surface area is 172 Å². The number of fused-ring (bicyclic) bond motifs is 1. The molecule has 0 bridgehead atoms. The molecule has 3 aromatic rings. The molecule has 0 radical (unpaired) electrons. The van der Waals surface area contributed by atoms with Crippen molar-refractivity contribution < 1.29 is 19.7 Å². The van der Waals surface area contributed by atoms with Gasteiger partial charge >= 0.3 is 0 Å². The van der Waals surface area contributed by atoms with Crippen molar-refractivity contribution in [3.8, 4) is 28.4 Å². The van der Waals surface area contributed by atoms with Gasteiger partial charge in [-0.15, -0.1) is 0 Å². The highest BCUT2D eigenvalue weighted by Crippen LogP contribution is 2.35. The SMILES string of the molecule is C[NH+](C)CCC[NH2+]Cc1cn(-c2ccccc2)nc1-c1ccc2c(c1)OCCO2. The van der Waals surface area contributed by atoms with Gasteiger partial charge in [0, 0.05) is 18.2 Å². The van der Waals surface area contributed by atoms with Gasteiger partial charge in [0.05, 0.1) is 38.4 Å². The molecule has 1 aliphatic rings. The van der Waals surface area contributed by atoms with E-state index in [9.17, 15) is 0 Å². The molecule has 2 aromatic carbocycles. The molecule has 152 valence electrons. The summed E-state index contributed by atoms with van der Waals surface area (Å²) < 4.78 is 13.4. The Morgan fingerprint density at radius 1 is 1.03 bits per heavy atom. The topological polar surface area (TPSA) is 57.3 Å². The summed E-state index contributed by atoms with van der Waals surface area (Å²) in [5.74, 6) is 1.61. The number of nitrogens with one attached hydrogen (secondary N) is 1. The Morgan fingerprint density at radius 3 is 2.62 bits per heavy atom. The van der Waals surface area contributed by atoms with Gasteiger partial charge in [-0.05, 0) is 30.3 Å². The van der Waals surface area contributed by atoms with Gasteiger partial charge in [-0.3, -0.25) is 0 Å². The molecule has 0 fully saturated rings. The second-order valence-electron chi connectivity index (χ2n) is 7.73. The lowest BCUT2D eigenvalue weighted by Gasteiger charge is -2.18. The lowest BCUT2D eigenvalue weighted by molar-refractivity contribution is -0.860. The van der Waals surface area contributed by atoms with E-state index in [-0.39, 0.29) is 0 Å². The number of nitrogens with two attached hydrogens (primary N) is 1. The first-order chi connectivity index (χ1) is 14.2. The first kappa shape index (κ1) is 19.5. The van der Waals surface area contributed by atoms with Gasteiger partial charge in [-0.2, -0.15) is 5.10 Å². The molecule has 0 saturated heterocycles. The molecule has 0 unspecified atom stereocenters. The number of benzene rings is 2. The first-order valence-corrected chi connectivity index (χ1v) is 10.4. The Balaban J connectivity index is 1.59. The van der Waals surface area contributed by atoms with Crippen molar-refractivity contribution in [1.29, 1.82) is 0 Å². The van der Waals surface area contributed by atoms with E-state index in [0.29, 0.717) is 13.2 Å². The van der Waals surface area contributed by atoms with Gasteiger partial charge in [0.25, 0.3) is 0 Å². The Morgan fingerprint density at radius 2 is 1.83 bits per heavy atom. The van der Waals surface area contributed by atoms with E-state index in [4.69, 9.17) is 14.6 Å². The molecule has 3 N–H and O–H groups in total. The number of rotatable bonds is 8.